The molecule has 2 nitrogen and oxygen atoms in total. The lowest BCUT2D eigenvalue weighted by molar-refractivity contribution is -0.0138. The van der Waals surface area contributed by atoms with Crippen molar-refractivity contribution in [3.63, 3.8) is 0 Å². The van der Waals surface area contributed by atoms with Gasteiger partial charge in [0, 0.05) is 12.6 Å². The molecule has 2 heteroatoms. The van der Waals surface area contributed by atoms with Crippen LogP contribution in [-0.2, 0) is 6.42 Å². The minimum absolute atomic E-state index is 0.457. The second-order valence-electron chi connectivity index (χ2n) is 6.60. The number of aliphatic hydroxyl groups is 1. The average Bonchev–Trinajstić information content (AvgIpc) is 2.44. The molecule has 0 aliphatic heterocycles. The first-order chi connectivity index (χ1) is 9.61. The predicted octanol–water partition coefficient (Wildman–Crippen LogP) is 3.54. The van der Waals surface area contributed by atoms with Gasteiger partial charge in [-0.1, -0.05) is 57.0 Å². The van der Waals surface area contributed by atoms with Crippen LogP contribution in [0.15, 0.2) is 30.3 Å². The first-order valence-corrected chi connectivity index (χ1v) is 8.11. The van der Waals surface area contributed by atoms with Gasteiger partial charge in [0.2, 0.25) is 0 Å². The van der Waals surface area contributed by atoms with Gasteiger partial charge in [-0.2, -0.15) is 0 Å². The molecule has 2 rings (SSSR count). The maximum Gasteiger partial charge on any atom is 0.0774 e. The maximum absolute atomic E-state index is 10.7. The molecule has 3 unspecified atom stereocenters. The summed E-state index contributed by atoms with van der Waals surface area (Å²) in [6.07, 6.45) is 6.47. The summed E-state index contributed by atoms with van der Waals surface area (Å²) in [7, 11) is 0. The summed E-state index contributed by atoms with van der Waals surface area (Å²) in [6, 6.07) is 11.1. The molecule has 1 aliphatic carbocycles. The number of rotatable bonds is 6. The summed E-state index contributed by atoms with van der Waals surface area (Å²) in [5, 5.41) is 14.3. The van der Waals surface area contributed by atoms with Crippen LogP contribution in [0.2, 0.25) is 0 Å². The third-order valence-corrected chi connectivity index (χ3v) is 4.61. The fourth-order valence-electron chi connectivity index (χ4n) is 3.39. The van der Waals surface area contributed by atoms with E-state index in [4.69, 9.17) is 0 Å². The van der Waals surface area contributed by atoms with Crippen LogP contribution in [0.25, 0.3) is 0 Å². The smallest absolute Gasteiger partial charge is 0.0774 e. The Morgan fingerprint density at radius 3 is 2.75 bits per heavy atom. The largest absolute Gasteiger partial charge is 0.389 e. The molecule has 0 radical (unpaired) electrons. The van der Waals surface area contributed by atoms with E-state index in [1.807, 2.05) is 0 Å². The highest BCUT2D eigenvalue weighted by atomic mass is 16.3. The number of benzene rings is 1. The quantitative estimate of drug-likeness (QED) is 0.832. The number of hydrogen-bond acceptors (Lipinski definition) is 2. The third kappa shape index (κ3) is 4.60. The highest BCUT2D eigenvalue weighted by molar-refractivity contribution is 5.15. The molecule has 0 aromatic heterocycles. The second-order valence-corrected chi connectivity index (χ2v) is 6.60. The summed E-state index contributed by atoms with van der Waals surface area (Å²) in [6.45, 7) is 5.21. The Balaban J connectivity index is 1.84. The Bertz CT molecular complexity index is 392. The number of hydrogen-bond donors (Lipinski definition) is 2. The van der Waals surface area contributed by atoms with E-state index in [2.05, 4.69) is 49.5 Å². The fourth-order valence-corrected chi connectivity index (χ4v) is 3.39. The molecule has 0 bridgehead atoms. The van der Waals surface area contributed by atoms with E-state index in [0.717, 1.165) is 38.6 Å². The van der Waals surface area contributed by atoms with Gasteiger partial charge in [0.1, 0.15) is 0 Å². The van der Waals surface area contributed by atoms with Crippen LogP contribution in [0.3, 0.4) is 0 Å². The van der Waals surface area contributed by atoms with Crippen LogP contribution in [0.4, 0.5) is 0 Å². The Morgan fingerprint density at radius 1 is 1.35 bits per heavy atom. The monoisotopic (exact) mass is 275 g/mol. The van der Waals surface area contributed by atoms with Crippen molar-refractivity contribution in [2.75, 3.05) is 6.54 Å². The zero-order chi connectivity index (χ0) is 14.4. The Labute approximate surface area is 123 Å². The van der Waals surface area contributed by atoms with Crippen LogP contribution < -0.4 is 5.32 Å². The Morgan fingerprint density at radius 2 is 2.10 bits per heavy atom. The molecule has 1 fully saturated rings. The molecular weight excluding hydrogens is 246 g/mol. The van der Waals surface area contributed by atoms with Gasteiger partial charge in [-0.05, 0) is 37.2 Å². The SMILES string of the molecule is CCC(Cc1ccccc1)NCC1(O)CCCC(C)C1. The molecule has 3 atom stereocenters. The lowest BCUT2D eigenvalue weighted by Crippen LogP contribution is -2.47. The van der Waals surface area contributed by atoms with Gasteiger partial charge in [0.15, 0.2) is 0 Å². The van der Waals surface area contributed by atoms with Gasteiger partial charge < -0.3 is 10.4 Å². The molecule has 0 spiro atoms. The summed E-state index contributed by atoms with van der Waals surface area (Å²) < 4.78 is 0. The van der Waals surface area contributed by atoms with E-state index in [9.17, 15) is 5.11 Å². The Hall–Kier alpha value is -0.860. The van der Waals surface area contributed by atoms with E-state index in [1.54, 1.807) is 0 Å². The second kappa shape index (κ2) is 7.24. The van der Waals surface area contributed by atoms with Gasteiger partial charge in [0.05, 0.1) is 5.60 Å². The highest BCUT2D eigenvalue weighted by Gasteiger charge is 2.32. The van der Waals surface area contributed by atoms with Crippen LogP contribution in [0.1, 0.15) is 51.5 Å². The summed E-state index contributed by atoms with van der Waals surface area (Å²) in [5.41, 5.74) is 0.887. The molecule has 1 aromatic rings. The maximum atomic E-state index is 10.7. The van der Waals surface area contributed by atoms with Gasteiger partial charge in [-0.25, -0.2) is 0 Å². The van der Waals surface area contributed by atoms with Crippen molar-refractivity contribution in [1.29, 1.82) is 0 Å². The molecule has 1 saturated carbocycles. The van der Waals surface area contributed by atoms with Crippen molar-refractivity contribution in [1.82, 2.24) is 5.32 Å². The average molecular weight is 275 g/mol. The van der Waals surface area contributed by atoms with Crippen molar-refractivity contribution in [3.05, 3.63) is 35.9 Å². The molecular formula is C18H29NO. The van der Waals surface area contributed by atoms with Crippen molar-refractivity contribution < 1.29 is 5.11 Å². The van der Waals surface area contributed by atoms with E-state index in [1.165, 1.54) is 12.0 Å². The normalized spacial score (nSPS) is 28.2. The topological polar surface area (TPSA) is 32.3 Å². The summed E-state index contributed by atoms with van der Waals surface area (Å²) in [5.74, 6) is 0.657. The molecule has 20 heavy (non-hydrogen) atoms. The van der Waals surface area contributed by atoms with Gasteiger partial charge in [-0.3, -0.25) is 0 Å². The van der Waals surface area contributed by atoms with E-state index >= 15 is 0 Å². The van der Waals surface area contributed by atoms with Gasteiger partial charge in [-0.15, -0.1) is 0 Å². The summed E-state index contributed by atoms with van der Waals surface area (Å²) >= 11 is 0. The van der Waals surface area contributed by atoms with Crippen LogP contribution in [-0.4, -0.2) is 23.3 Å². The van der Waals surface area contributed by atoms with E-state index < -0.39 is 5.60 Å². The third-order valence-electron chi connectivity index (χ3n) is 4.61. The van der Waals surface area contributed by atoms with Crippen LogP contribution >= 0.6 is 0 Å². The summed E-state index contributed by atoms with van der Waals surface area (Å²) in [4.78, 5) is 0. The van der Waals surface area contributed by atoms with Crippen molar-refractivity contribution in [2.45, 2.75) is 64.0 Å². The van der Waals surface area contributed by atoms with Crippen molar-refractivity contribution >= 4 is 0 Å². The van der Waals surface area contributed by atoms with Crippen molar-refractivity contribution in [2.24, 2.45) is 5.92 Å². The Kier molecular flexibility index (Phi) is 5.62. The standard InChI is InChI=1S/C18H29NO/c1-3-17(12-16-9-5-4-6-10-16)19-14-18(20)11-7-8-15(2)13-18/h4-6,9-10,15,17,19-20H,3,7-8,11-14H2,1-2H3. The first kappa shape index (κ1) is 15.5. The van der Waals surface area contributed by atoms with E-state index in [0.29, 0.717) is 12.0 Å². The predicted molar refractivity (Wildman–Crippen MR) is 84.8 cm³/mol. The zero-order valence-electron chi connectivity index (χ0n) is 12.9. The molecule has 0 heterocycles. The lowest BCUT2D eigenvalue weighted by Gasteiger charge is -2.37. The van der Waals surface area contributed by atoms with E-state index in [-0.39, 0.29) is 0 Å². The minimum atomic E-state index is -0.484. The van der Waals surface area contributed by atoms with Gasteiger partial charge in [0.25, 0.3) is 0 Å². The lowest BCUT2D eigenvalue weighted by atomic mass is 9.79. The van der Waals surface area contributed by atoms with Crippen LogP contribution in [0.5, 0.6) is 0 Å². The zero-order valence-corrected chi connectivity index (χ0v) is 12.9. The molecule has 0 saturated heterocycles. The first-order valence-electron chi connectivity index (χ1n) is 8.11. The highest BCUT2D eigenvalue weighted by Crippen LogP contribution is 2.31. The molecule has 1 aromatic carbocycles. The van der Waals surface area contributed by atoms with Crippen LogP contribution in [0, 0.1) is 5.92 Å². The minimum Gasteiger partial charge on any atom is -0.389 e. The molecule has 112 valence electrons. The van der Waals surface area contributed by atoms with Gasteiger partial charge >= 0.3 is 0 Å². The molecule has 0 amide bonds. The number of nitrogens with one attached hydrogen (secondary N) is 1. The molecule has 2 N–H and O–H groups in total. The van der Waals surface area contributed by atoms with Crippen molar-refractivity contribution in [3.8, 4) is 0 Å². The molecule has 1 aliphatic rings. The fraction of sp³-hybridized carbons (Fsp3) is 0.667.